The van der Waals surface area contributed by atoms with Gasteiger partial charge in [0.05, 0.1) is 27.7 Å². The lowest BCUT2D eigenvalue weighted by Gasteiger charge is -2.24. The summed E-state index contributed by atoms with van der Waals surface area (Å²) in [4.78, 5) is 35.6. The molecule has 0 bridgehead atoms. The lowest BCUT2D eigenvalue weighted by atomic mass is 10.0. The molecule has 328 valence electrons. The van der Waals surface area contributed by atoms with Crippen LogP contribution in [-0.4, -0.2) is 74.9 Å². The van der Waals surface area contributed by atoms with E-state index in [2.05, 4.69) is 40.7 Å². The van der Waals surface area contributed by atoms with Crippen molar-refractivity contribution >= 4 is 19.8 Å². The molecule has 0 saturated carbocycles. The topological polar surface area (TPSA) is 135 Å². The summed E-state index contributed by atoms with van der Waals surface area (Å²) >= 11 is 0. The summed E-state index contributed by atoms with van der Waals surface area (Å²) < 4.78 is 46.6. The van der Waals surface area contributed by atoms with Crippen LogP contribution in [0, 0.1) is 20.8 Å². The second kappa shape index (κ2) is 28.1. The number of hydrogen-bond donors (Lipinski definition) is 1. The Hall–Kier alpha value is -2.43. The fourth-order valence-corrected chi connectivity index (χ4v) is 7.46. The number of phosphoric acid groups is 1. The van der Waals surface area contributed by atoms with Crippen LogP contribution in [0.25, 0.3) is 0 Å². The van der Waals surface area contributed by atoms with Crippen LogP contribution in [0.3, 0.4) is 0 Å². The fraction of sp³-hybridized carbons (Fsp3) is 0.778. The molecule has 2 heterocycles. The number of esters is 2. The van der Waals surface area contributed by atoms with Gasteiger partial charge in [-0.25, -0.2) is 4.57 Å². The van der Waals surface area contributed by atoms with Crippen LogP contribution in [0.2, 0.25) is 0 Å². The maximum Gasteiger partial charge on any atom is 0.472 e. The quantitative estimate of drug-likeness (QED) is 0.0314. The summed E-state index contributed by atoms with van der Waals surface area (Å²) in [5.74, 6) is 3.59. The number of likely N-dealkylation sites (N-methyl/N-ethyl adjacent to an activating group) is 1. The smallest absolute Gasteiger partial charge is 0.466 e. The van der Waals surface area contributed by atoms with Gasteiger partial charge in [-0.2, -0.15) is 0 Å². The SMILES string of the molecule is CCCCCc1cc(C)c(CCCCCCCCC(=O)OCC(COP(=O)(O)OCC[N+](C)(C)C)OC(=O)CCCCCCCCc2oc(CCC)c(C)c2C)o1. The van der Waals surface area contributed by atoms with Crippen molar-refractivity contribution in [3.63, 3.8) is 0 Å². The Bertz CT molecular complexity index is 1460. The predicted octanol–water partition coefficient (Wildman–Crippen LogP) is 11.0. The minimum atomic E-state index is -4.40. The molecule has 0 aliphatic heterocycles. The van der Waals surface area contributed by atoms with Gasteiger partial charge in [0.2, 0.25) is 0 Å². The molecular weight excluding hydrogens is 745 g/mol. The van der Waals surface area contributed by atoms with Gasteiger partial charge < -0.3 is 27.7 Å². The number of phosphoric ester groups is 1. The normalized spacial score (nSPS) is 13.5. The third kappa shape index (κ3) is 23.1. The summed E-state index contributed by atoms with van der Waals surface area (Å²) in [5.41, 5.74) is 3.82. The van der Waals surface area contributed by atoms with Gasteiger partial charge in [0.25, 0.3) is 0 Å². The van der Waals surface area contributed by atoms with Crippen molar-refractivity contribution in [3.05, 3.63) is 45.8 Å². The molecule has 2 atom stereocenters. The molecule has 57 heavy (non-hydrogen) atoms. The highest BCUT2D eigenvalue weighted by molar-refractivity contribution is 7.47. The molecule has 1 N–H and O–H groups in total. The number of unbranched alkanes of at least 4 members (excludes halogenated alkanes) is 12. The van der Waals surface area contributed by atoms with E-state index in [4.69, 9.17) is 27.4 Å². The molecule has 12 heteroatoms. The Morgan fingerprint density at radius 1 is 0.667 bits per heavy atom. The van der Waals surface area contributed by atoms with Gasteiger partial charge in [-0.15, -0.1) is 0 Å². The minimum Gasteiger partial charge on any atom is -0.466 e. The average molecular weight is 825 g/mol. The summed E-state index contributed by atoms with van der Waals surface area (Å²) in [6.07, 6.45) is 19.8. The lowest BCUT2D eigenvalue weighted by Crippen LogP contribution is -2.37. The Balaban J connectivity index is 1.68. The van der Waals surface area contributed by atoms with Crippen LogP contribution in [-0.2, 0) is 58.4 Å². The first-order valence-corrected chi connectivity index (χ1v) is 23.6. The van der Waals surface area contributed by atoms with Gasteiger partial charge >= 0.3 is 19.8 Å². The molecule has 0 radical (unpaired) electrons. The summed E-state index contributed by atoms with van der Waals surface area (Å²) in [6.45, 7) is 10.6. The highest BCUT2D eigenvalue weighted by atomic mass is 31.2. The van der Waals surface area contributed by atoms with Gasteiger partial charge in [0.1, 0.15) is 42.8 Å². The number of furan rings is 2. The number of hydrogen-bond acceptors (Lipinski definition) is 9. The first-order chi connectivity index (χ1) is 27.1. The van der Waals surface area contributed by atoms with E-state index < -0.39 is 32.5 Å². The Morgan fingerprint density at radius 2 is 1.21 bits per heavy atom. The molecule has 0 aliphatic carbocycles. The minimum absolute atomic E-state index is 0.0163. The van der Waals surface area contributed by atoms with Crippen molar-refractivity contribution in [2.75, 3.05) is 47.5 Å². The fourth-order valence-electron chi connectivity index (χ4n) is 6.72. The van der Waals surface area contributed by atoms with Crippen LogP contribution < -0.4 is 0 Å². The monoisotopic (exact) mass is 825 g/mol. The number of carbonyl (C=O) groups is 2. The predicted molar refractivity (Wildman–Crippen MR) is 226 cm³/mol. The molecule has 2 rings (SSSR count). The molecule has 0 saturated heterocycles. The maximum atomic E-state index is 12.8. The van der Waals surface area contributed by atoms with E-state index in [1.165, 1.54) is 36.0 Å². The van der Waals surface area contributed by atoms with Crippen LogP contribution in [0.15, 0.2) is 14.9 Å². The van der Waals surface area contributed by atoms with Gasteiger partial charge in [0, 0.05) is 38.5 Å². The summed E-state index contributed by atoms with van der Waals surface area (Å²) in [7, 11) is 1.42. The second-order valence-electron chi connectivity index (χ2n) is 16.9. The molecular formula is C45H79NO10P+. The van der Waals surface area contributed by atoms with Crippen LogP contribution >= 0.6 is 7.82 Å². The first kappa shape index (κ1) is 50.7. The van der Waals surface area contributed by atoms with Crippen molar-refractivity contribution in [1.82, 2.24) is 0 Å². The van der Waals surface area contributed by atoms with Gasteiger partial charge in [-0.05, 0) is 82.1 Å². The van der Waals surface area contributed by atoms with Gasteiger partial charge in [0.15, 0.2) is 6.10 Å². The average Bonchev–Trinajstić information content (AvgIpc) is 3.63. The molecule has 0 fully saturated rings. The van der Waals surface area contributed by atoms with Crippen molar-refractivity contribution in [2.45, 2.75) is 182 Å². The zero-order valence-corrected chi connectivity index (χ0v) is 37.9. The maximum absolute atomic E-state index is 12.8. The van der Waals surface area contributed by atoms with E-state index in [0.29, 0.717) is 23.9 Å². The second-order valence-corrected chi connectivity index (χ2v) is 18.3. The highest BCUT2D eigenvalue weighted by Crippen LogP contribution is 2.43. The Kier molecular flexibility index (Phi) is 25.0. The third-order valence-corrected chi connectivity index (χ3v) is 11.4. The van der Waals surface area contributed by atoms with Crippen LogP contribution in [0.4, 0.5) is 0 Å². The Labute approximate surface area is 345 Å². The number of rotatable bonds is 34. The van der Waals surface area contributed by atoms with Crippen LogP contribution in [0.1, 0.15) is 169 Å². The first-order valence-electron chi connectivity index (χ1n) is 22.1. The molecule has 2 aromatic heterocycles. The molecule has 2 unspecified atom stereocenters. The van der Waals surface area contributed by atoms with Gasteiger partial charge in [-0.3, -0.25) is 18.6 Å². The number of quaternary nitrogens is 1. The van der Waals surface area contributed by atoms with E-state index in [0.717, 1.165) is 119 Å². The van der Waals surface area contributed by atoms with E-state index in [-0.39, 0.29) is 26.1 Å². The van der Waals surface area contributed by atoms with Crippen molar-refractivity contribution < 1.29 is 50.9 Å². The van der Waals surface area contributed by atoms with E-state index in [9.17, 15) is 19.0 Å². The number of ether oxygens (including phenoxy) is 2. The highest BCUT2D eigenvalue weighted by Gasteiger charge is 2.27. The third-order valence-electron chi connectivity index (χ3n) is 10.5. The van der Waals surface area contributed by atoms with E-state index in [1.54, 1.807) is 0 Å². The van der Waals surface area contributed by atoms with E-state index in [1.807, 2.05) is 21.1 Å². The molecule has 2 aromatic rings. The Morgan fingerprint density at radius 3 is 1.81 bits per heavy atom. The molecule has 11 nitrogen and oxygen atoms in total. The zero-order valence-electron chi connectivity index (χ0n) is 37.1. The van der Waals surface area contributed by atoms with E-state index >= 15 is 0 Å². The molecule has 0 aromatic carbocycles. The van der Waals surface area contributed by atoms with Gasteiger partial charge in [-0.1, -0.05) is 78.1 Å². The van der Waals surface area contributed by atoms with Crippen molar-refractivity contribution in [1.29, 1.82) is 0 Å². The van der Waals surface area contributed by atoms with Crippen molar-refractivity contribution in [3.8, 4) is 0 Å². The number of aryl methyl sites for hydroxylation is 5. The number of carbonyl (C=O) groups excluding carboxylic acids is 2. The van der Waals surface area contributed by atoms with Crippen molar-refractivity contribution in [2.24, 2.45) is 0 Å². The number of nitrogens with zero attached hydrogens (tertiary/aromatic N) is 1. The molecule has 0 amide bonds. The largest absolute Gasteiger partial charge is 0.472 e. The standard InChI is InChI=1S/C45H78NO10P/c1-9-11-20-26-39-33-36(3)41(54-39)27-21-16-12-14-18-23-29-44(47)51-34-40(35-53-57(49,50)52-32-31-46(6,7)8)55-45(48)30-24-19-15-13-17-22-28-43-38(5)37(4)42(56-43)25-10-2/h33,40H,9-32,34-35H2,1-8H3/p+1. The molecule has 0 spiro atoms. The zero-order chi connectivity index (χ0) is 42.1. The van der Waals surface area contributed by atoms with Crippen LogP contribution in [0.5, 0.6) is 0 Å². The summed E-state index contributed by atoms with van der Waals surface area (Å²) in [6, 6.07) is 2.19. The summed E-state index contributed by atoms with van der Waals surface area (Å²) in [5, 5.41) is 0. The molecule has 0 aliphatic rings. The lowest BCUT2D eigenvalue weighted by molar-refractivity contribution is -0.870.